The Morgan fingerprint density at radius 1 is 1.69 bits per heavy atom. The second-order valence-electron chi connectivity index (χ2n) is 3.61. The first-order valence-electron chi connectivity index (χ1n) is 4.63. The molecule has 1 aliphatic rings. The monoisotopic (exact) mass is 301 g/mol. The Hall–Kier alpha value is -1.01. The van der Waals surface area contributed by atoms with Gasteiger partial charge in [0.05, 0.1) is 10.6 Å². The third-order valence-electron chi connectivity index (χ3n) is 2.45. The molecular formula is C10H8BrNO3S. The number of carbonyl (C=O) groups excluding carboxylic acids is 1. The first-order valence-corrected chi connectivity index (χ1v) is 6.24. The molecule has 0 saturated heterocycles. The van der Waals surface area contributed by atoms with Gasteiger partial charge in [-0.15, -0.1) is 11.3 Å². The largest absolute Gasteiger partial charge is 0.478 e. The SMILES string of the molecule is CC1Cc2nc(Br)sc2C(=O)/C1=C\C(=O)O. The smallest absolute Gasteiger partial charge is 0.328 e. The fourth-order valence-corrected chi connectivity index (χ4v) is 3.22. The molecule has 6 heteroatoms. The van der Waals surface area contributed by atoms with Crippen LogP contribution in [0.3, 0.4) is 0 Å². The third-order valence-corrected chi connectivity index (χ3v) is 4.00. The Morgan fingerprint density at radius 3 is 3.00 bits per heavy atom. The van der Waals surface area contributed by atoms with Crippen LogP contribution in [0.4, 0.5) is 0 Å². The summed E-state index contributed by atoms with van der Waals surface area (Å²) in [4.78, 5) is 27.4. The van der Waals surface area contributed by atoms with Gasteiger partial charge in [0.25, 0.3) is 0 Å². The summed E-state index contributed by atoms with van der Waals surface area (Å²) in [6, 6.07) is 0. The van der Waals surface area contributed by atoms with Crippen molar-refractivity contribution < 1.29 is 14.7 Å². The normalized spacial score (nSPS) is 22.2. The number of nitrogens with zero attached hydrogens (tertiary/aromatic N) is 1. The number of hydrogen-bond acceptors (Lipinski definition) is 4. The van der Waals surface area contributed by atoms with Gasteiger partial charge in [0.1, 0.15) is 0 Å². The minimum atomic E-state index is -1.08. The second kappa shape index (κ2) is 4.10. The molecule has 0 saturated carbocycles. The van der Waals surface area contributed by atoms with Gasteiger partial charge in [-0.05, 0) is 28.3 Å². The van der Waals surface area contributed by atoms with Gasteiger partial charge >= 0.3 is 5.97 Å². The van der Waals surface area contributed by atoms with Gasteiger partial charge in [0.2, 0.25) is 5.78 Å². The van der Waals surface area contributed by atoms with Crippen LogP contribution in [0.25, 0.3) is 0 Å². The first kappa shape index (κ1) is 11.5. The van der Waals surface area contributed by atoms with E-state index < -0.39 is 5.97 Å². The molecule has 1 aromatic rings. The number of Topliss-reactive ketones (excluding diaryl/α,β-unsaturated/α-hetero) is 1. The predicted molar refractivity (Wildman–Crippen MR) is 62.7 cm³/mol. The Morgan fingerprint density at radius 2 is 2.38 bits per heavy atom. The molecule has 16 heavy (non-hydrogen) atoms. The van der Waals surface area contributed by atoms with E-state index >= 15 is 0 Å². The van der Waals surface area contributed by atoms with E-state index in [2.05, 4.69) is 20.9 Å². The van der Waals surface area contributed by atoms with Crippen molar-refractivity contribution >= 4 is 39.0 Å². The van der Waals surface area contributed by atoms with E-state index in [1.807, 2.05) is 6.92 Å². The molecule has 2 rings (SSSR count). The number of hydrogen-bond donors (Lipinski definition) is 1. The second-order valence-corrected chi connectivity index (χ2v) is 5.89. The molecule has 0 aromatic carbocycles. The summed E-state index contributed by atoms with van der Waals surface area (Å²) in [5.74, 6) is -1.38. The van der Waals surface area contributed by atoms with Gasteiger partial charge in [-0.25, -0.2) is 9.78 Å². The lowest BCUT2D eigenvalue weighted by Gasteiger charge is -2.18. The summed E-state index contributed by atoms with van der Waals surface area (Å²) in [6.07, 6.45) is 1.62. The van der Waals surface area contributed by atoms with Gasteiger partial charge in [0.15, 0.2) is 3.92 Å². The molecule has 1 N–H and O–H groups in total. The van der Waals surface area contributed by atoms with Gasteiger partial charge in [-0.2, -0.15) is 0 Å². The highest BCUT2D eigenvalue weighted by Crippen LogP contribution is 2.34. The van der Waals surface area contributed by atoms with Crippen molar-refractivity contribution in [3.05, 3.63) is 26.1 Å². The van der Waals surface area contributed by atoms with Crippen LogP contribution < -0.4 is 0 Å². The van der Waals surface area contributed by atoms with E-state index in [-0.39, 0.29) is 11.7 Å². The lowest BCUT2D eigenvalue weighted by Crippen LogP contribution is -2.21. The molecule has 0 aliphatic heterocycles. The number of carbonyl (C=O) groups is 2. The lowest BCUT2D eigenvalue weighted by molar-refractivity contribution is -0.131. The Bertz CT molecular complexity index is 506. The molecule has 84 valence electrons. The minimum absolute atomic E-state index is 0.0925. The molecule has 0 spiro atoms. The number of thiazole rings is 1. The van der Waals surface area contributed by atoms with Crippen molar-refractivity contribution in [1.29, 1.82) is 0 Å². The zero-order valence-corrected chi connectivity index (χ0v) is 10.8. The summed E-state index contributed by atoms with van der Waals surface area (Å²) >= 11 is 4.48. The topological polar surface area (TPSA) is 67.3 Å². The maximum atomic E-state index is 12.0. The standard InChI is InChI=1S/C10H8BrNO3S/c1-4-2-6-9(16-10(11)12-6)8(15)5(4)3-7(13)14/h3-4H,2H2,1H3,(H,13,14)/b5-3-. The summed E-state index contributed by atoms with van der Waals surface area (Å²) in [7, 11) is 0. The van der Waals surface area contributed by atoms with Gasteiger partial charge in [-0.3, -0.25) is 4.79 Å². The molecule has 0 fully saturated rings. The lowest BCUT2D eigenvalue weighted by atomic mass is 9.86. The molecule has 0 bridgehead atoms. The van der Waals surface area contributed by atoms with Crippen LogP contribution >= 0.6 is 27.3 Å². The minimum Gasteiger partial charge on any atom is -0.478 e. The van der Waals surface area contributed by atoms with Crippen LogP contribution in [0.15, 0.2) is 15.6 Å². The van der Waals surface area contributed by atoms with E-state index in [1.165, 1.54) is 11.3 Å². The molecule has 1 heterocycles. The molecule has 0 radical (unpaired) electrons. The number of fused-ring (bicyclic) bond motifs is 1. The zero-order valence-electron chi connectivity index (χ0n) is 8.36. The highest BCUT2D eigenvalue weighted by Gasteiger charge is 2.31. The average Bonchev–Trinajstić information content (AvgIpc) is 2.53. The van der Waals surface area contributed by atoms with Crippen LogP contribution in [-0.4, -0.2) is 21.8 Å². The number of carboxylic acids is 1. The molecule has 1 unspecified atom stereocenters. The zero-order chi connectivity index (χ0) is 11.9. The van der Waals surface area contributed by atoms with Crippen molar-refractivity contribution in [2.24, 2.45) is 5.92 Å². The van der Waals surface area contributed by atoms with Crippen LogP contribution in [0.5, 0.6) is 0 Å². The summed E-state index contributed by atoms with van der Waals surface area (Å²) < 4.78 is 0.662. The van der Waals surface area contributed by atoms with Crippen molar-refractivity contribution in [3.8, 4) is 0 Å². The fourth-order valence-electron chi connectivity index (χ4n) is 1.73. The molecule has 1 aliphatic carbocycles. The maximum absolute atomic E-state index is 12.0. The van der Waals surface area contributed by atoms with Crippen molar-refractivity contribution in [2.45, 2.75) is 13.3 Å². The number of aromatic nitrogens is 1. The predicted octanol–water partition coefficient (Wildman–Crippen LogP) is 2.29. The summed E-state index contributed by atoms with van der Waals surface area (Å²) in [5.41, 5.74) is 1.12. The average molecular weight is 302 g/mol. The molecular weight excluding hydrogens is 294 g/mol. The number of halogens is 1. The number of rotatable bonds is 1. The van der Waals surface area contributed by atoms with Gasteiger partial charge in [-0.1, -0.05) is 6.92 Å². The van der Waals surface area contributed by atoms with Crippen molar-refractivity contribution in [1.82, 2.24) is 4.98 Å². The van der Waals surface area contributed by atoms with Gasteiger partial charge in [0, 0.05) is 11.6 Å². The van der Waals surface area contributed by atoms with E-state index in [0.29, 0.717) is 20.8 Å². The quantitative estimate of drug-likeness (QED) is 0.808. The Balaban J connectivity index is 2.49. The number of ketones is 1. The van der Waals surface area contributed by atoms with Crippen molar-refractivity contribution in [3.63, 3.8) is 0 Å². The number of carboxylic acid groups (broad SMARTS) is 1. The summed E-state index contributed by atoms with van der Waals surface area (Å²) in [6.45, 7) is 1.84. The van der Waals surface area contributed by atoms with Crippen LogP contribution in [-0.2, 0) is 11.2 Å². The van der Waals surface area contributed by atoms with E-state index in [4.69, 9.17) is 5.11 Å². The Labute approximate surface area is 104 Å². The van der Waals surface area contributed by atoms with E-state index in [9.17, 15) is 9.59 Å². The maximum Gasteiger partial charge on any atom is 0.328 e. The molecule has 0 amide bonds. The number of allylic oxidation sites excluding steroid dienone is 1. The first-order chi connectivity index (χ1) is 7.49. The number of aliphatic carboxylic acids is 1. The van der Waals surface area contributed by atoms with Crippen molar-refractivity contribution in [2.75, 3.05) is 0 Å². The Kier molecular flexibility index (Phi) is 2.94. The van der Waals surface area contributed by atoms with Crippen LogP contribution in [0.2, 0.25) is 0 Å². The molecule has 4 nitrogen and oxygen atoms in total. The third kappa shape index (κ3) is 1.94. The van der Waals surface area contributed by atoms with E-state index in [0.717, 1.165) is 11.8 Å². The molecule has 1 atom stereocenters. The van der Waals surface area contributed by atoms with Crippen LogP contribution in [0, 0.1) is 5.92 Å². The van der Waals surface area contributed by atoms with Crippen LogP contribution in [0.1, 0.15) is 22.3 Å². The van der Waals surface area contributed by atoms with E-state index in [1.54, 1.807) is 0 Å². The fraction of sp³-hybridized carbons (Fsp3) is 0.300. The highest BCUT2D eigenvalue weighted by atomic mass is 79.9. The summed E-state index contributed by atoms with van der Waals surface area (Å²) in [5, 5.41) is 8.70. The molecule has 1 aromatic heterocycles. The highest BCUT2D eigenvalue weighted by molar-refractivity contribution is 9.11. The van der Waals surface area contributed by atoms with Gasteiger partial charge < -0.3 is 5.11 Å².